The van der Waals surface area contributed by atoms with E-state index in [4.69, 9.17) is 9.47 Å². The van der Waals surface area contributed by atoms with E-state index in [0.717, 1.165) is 44.4 Å². The van der Waals surface area contributed by atoms with E-state index in [1.165, 1.54) is 141 Å². The Bertz CT molecular complexity index is 605. The van der Waals surface area contributed by atoms with Gasteiger partial charge >= 0.3 is 11.9 Å². The maximum atomic E-state index is 12.2. The molecule has 5 heteroatoms. The first-order chi connectivity index (χ1) is 21.5. The zero-order chi connectivity index (χ0) is 32.4. The van der Waals surface area contributed by atoms with Crippen molar-refractivity contribution < 1.29 is 24.2 Å². The Balaban J connectivity index is 3.50. The first kappa shape index (κ1) is 42.9. The minimum Gasteiger partial charge on any atom is -0.462 e. The highest BCUT2D eigenvalue weighted by atomic mass is 16.6. The molecule has 0 aromatic carbocycles. The third-order valence-electron chi connectivity index (χ3n) is 8.83. The van der Waals surface area contributed by atoms with Gasteiger partial charge in [-0.2, -0.15) is 0 Å². The van der Waals surface area contributed by atoms with E-state index in [1.54, 1.807) is 0 Å². The van der Waals surface area contributed by atoms with Crippen molar-refractivity contribution in [1.82, 2.24) is 0 Å². The highest BCUT2D eigenvalue weighted by molar-refractivity contribution is 5.70. The van der Waals surface area contributed by atoms with Crippen molar-refractivity contribution >= 4 is 11.9 Å². The van der Waals surface area contributed by atoms with Crippen LogP contribution in [0.1, 0.15) is 213 Å². The van der Waals surface area contributed by atoms with E-state index >= 15 is 0 Å². The van der Waals surface area contributed by atoms with Gasteiger partial charge in [-0.05, 0) is 18.8 Å². The fourth-order valence-electron chi connectivity index (χ4n) is 5.86. The topological polar surface area (TPSA) is 72.8 Å². The minimum absolute atomic E-state index is 0.0582. The number of carbonyl (C=O) groups excluding carboxylic acids is 2. The van der Waals surface area contributed by atoms with Crippen LogP contribution in [0.3, 0.4) is 0 Å². The SMILES string of the molecule is CCCCCCCCCCCCCCCCCCCC(=O)OC(CO)COC(=O)CCCCCCCCCCCCC(C)C. The molecule has 5 nitrogen and oxygen atoms in total. The zero-order valence-electron chi connectivity index (χ0n) is 29.9. The average Bonchev–Trinajstić information content (AvgIpc) is 3.01. The Kier molecular flexibility index (Phi) is 33.9. The first-order valence-electron chi connectivity index (χ1n) is 19.5. The predicted octanol–water partition coefficient (Wildman–Crippen LogP) is 11.8. The fourth-order valence-corrected chi connectivity index (χ4v) is 5.86. The number of carbonyl (C=O) groups is 2. The highest BCUT2D eigenvalue weighted by Crippen LogP contribution is 2.16. The summed E-state index contributed by atoms with van der Waals surface area (Å²) in [6.07, 6.45) is 35.9. The zero-order valence-corrected chi connectivity index (χ0v) is 29.9. The highest BCUT2D eigenvalue weighted by Gasteiger charge is 2.16. The molecule has 1 unspecified atom stereocenters. The van der Waals surface area contributed by atoms with E-state index in [1.807, 2.05) is 0 Å². The van der Waals surface area contributed by atoms with Gasteiger partial charge in [0.05, 0.1) is 6.61 Å². The molecule has 1 N–H and O–H groups in total. The molecule has 0 fully saturated rings. The van der Waals surface area contributed by atoms with Crippen molar-refractivity contribution in [1.29, 1.82) is 0 Å². The molecule has 1 atom stereocenters. The Labute approximate surface area is 274 Å². The lowest BCUT2D eigenvalue weighted by atomic mass is 10.0. The van der Waals surface area contributed by atoms with E-state index in [9.17, 15) is 14.7 Å². The summed E-state index contributed by atoms with van der Waals surface area (Å²) in [4.78, 5) is 24.2. The molecule has 0 spiro atoms. The lowest BCUT2D eigenvalue weighted by molar-refractivity contribution is -0.161. The maximum Gasteiger partial charge on any atom is 0.306 e. The van der Waals surface area contributed by atoms with Crippen LogP contribution in [0.4, 0.5) is 0 Å². The first-order valence-corrected chi connectivity index (χ1v) is 19.5. The van der Waals surface area contributed by atoms with E-state index < -0.39 is 6.10 Å². The summed E-state index contributed by atoms with van der Waals surface area (Å²) in [5, 5.41) is 9.54. The van der Waals surface area contributed by atoms with Crippen molar-refractivity contribution in [3.63, 3.8) is 0 Å². The number of hydrogen-bond donors (Lipinski definition) is 1. The van der Waals surface area contributed by atoms with Crippen LogP contribution in [0.2, 0.25) is 0 Å². The largest absolute Gasteiger partial charge is 0.462 e. The quantitative estimate of drug-likeness (QED) is 0.0561. The standard InChI is InChI=1S/C39H76O5/c1-4-5-6-7-8-9-10-11-12-13-14-15-16-21-24-27-30-33-39(42)44-37(34-40)35-43-38(41)32-29-26-23-20-18-17-19-22-25-28-31-36(2)3/h36-37,40H,4-35H2,1-3H3. The molecule has 0 amide bonds. The second kappa shape index (κ2) is 34.8. The molecule has 262 valence electrons. The molecular formula is C39H76O5. The number of unbranched alkanes of at least 4 members (excludes halogenated alkanes) is 25. The normalized spacial score (nSPS) is 12.1. The summed E-state index contributed by atoms with van der Waals surface area (Å²) >= 11 is 0. The number of aliphatic hydroxyl groups excluding tert-OH is 1. The molecule has 0 saturated carbocycles. The van der Waals surface area contributed by atoms with Gasteiger partial charge in [0, 0.05) is 12.8 Å². The van der Waals surface area contributed by atoms with Crippen LogP contribution < -0.4 is 0 Å². The molecule has 44 heavy (non-hydrogen) atoms. The van der Waals surface area contributed by atoms with E-state index in [0.29, 0.717) is 12.8 Å². The molecule has 0 rings (SSSR count). The third-order valence-corrected chi connectivity index (χ3v) is 8.83. The van der Waals surface area contributed by atoms with Gasteiger partial charge in [0.15, 0.2) is 6.10 Å². The summed E-state index contributed by atoms with van der Waals surface area (Å²) in [6.45, 7) is 6.49. The van der Waals surface area contributed by atoms with Crippen molar-refractivity contribution in [3.05, 3.63) is 0 Å². The molecule has 0 aliphatic heterocycles. The van der Waals surface area contributed by atoms with Crippen LogP contribution in [0.15, 0.2) is 0 Å². The van der Waals surface area contributed by atoms with Gasteiger partial charge in [-0.25, -0.2) is 0 Å². The van der Waals surface area contributed by atoms with Gasteiger partial charge in [0.2, 0.25) is 0 Å². The van der Waals surface area contributed by atoms with E-state index in [-0.39, 0.29) is 25.2 Å². The summed E-state index contributed by atoms with van der Waals surface area (Å²) in [5.41, 5.74) is 0. The van der Waals surface area contributed by atoms with Crippen molar-refractivity contribution in [2.24, 2.45) is 5.92 Å². The summed E-state index contributed by atoms with van der Waals surface area (Å²) in [6, 6.07) is 0. The fraction of sp³-hybridized carbons (Fsp3) is 0.949. The number of hydrogen-bond acceptors (Lipinski definition) is 5. The molecule has 0 bridgehead atoms. The molecule has 0 aromatic rings. The molecular weight excluding hydrogens is 548 g/mol. The molecule has 0 heterocycles. The van der Waals surface area contributed by atoms with Gasteiger partial charge in [-0.15, -0.1) is 0 Å². The summed E-state index contributed by atoms with van der Waals surface area (Å²) in [7, 11) is 0. The Morgan fingerprint density at radius 1 is 0.500 bits per heavy atom. The molecule has 0 aliphatic carbocycles. The second-order valence-electron chi connectivity index (χ2n) is 13.9. The lowest BCUT2D eigenvalue weighted by Gasteiger charge is -2.15. The molecule has 0 aliphatic rings. The van der Waals surface area contributed by atoms with Gasteiger partial charge in [0.1, 0.15) is 6.61 Å². The Morgan fingerprint density at radius 3 is 1.20 bits per heavy atom. The summed E-state index contributed by atoms with van der Waals surface area (Å²) < 4.78 is 10.6. The third kappa shape index (κ3) is 33.8. The summed E-state index contributed by atoms with van der Waals surface area (Å²) in [5.74, 6) is 0.250. The maximum absolute atomic E-state index is 12.2. The molecule has 0 saturated heterocycles. The number of ether oxygens (including phenoxy) is 2. The van der Waals surface area contributed by atoms with Crippen LogP contribution in [0.25, 0.3) is 0 Å². The van der Waals surface area contributed by atoms with Crippen LogP contribution in [-0.2, 0) is 19.1 Å². The van der Waals surface area contributed by atoms with Gasteiger partial charge in [-0.3, -0.25) is 9.59 Å². The van der Waals surface area contributed by atoms with Crippen LogP contribution >= 0.6 is 0 Å². The molecule has 0 radical (unpaired) electrons. The van der Waals surface area contributed by atoms with Crippen molar-refractivity contribution in [2.75, 3.05) is 13.2 Å². The average molecular weight is 625 g/mol. The molecule has 0 aromatic heterocycles. The van der Waals surface area contributed by atoms with Gasteiger partial charge in [0.25, 0.3) is 0 Å². The van der Waals surface area contributed by atoms with Crippen LogP contribution in [0, 0.1) is 5.92 Å². The minimum atomic E-state index is -0.761. The van der Waals surface area contributed by atoms with Gasteiger partial charge < -0.3 is 14.6 Å². The number of esters is 2. The van der Waals surface area contributed by atoms with Crippen LogP contribution in [-0.4, -0.2) is 36.4 Å². The number of rotatable bonds is 35. The lowest BCUT2D eigenvalue weighted by Crippen LogP contribution is -2.28. The Hall–Kier alpha value is -1.10. The monoisotopic (exact) mass is 625 g/mol. The predicted molar refractivity (Wildman–Crippen MR) is 187 cm³/mol. The van der Waals surface area contributed by atoms with E-state index in [2.05, 4.69) is 20.8 Å². The second-order valence-corrected chi connectivity index (χ2v) is 13.9. The number of aliphatic hydroxyl groups is 1. The van der Waals surface area contributed by atoms with Crippen LogP contribution in [0.5, 0.6) is 0 Å². The Morgan fingerprint density at radius 2 is 0.841 bits per heavy atom. The van der Waals surface area contributed by atoms with Gasteiger partial charge in [-0.1, -0.05) is 188 Å². The van der Waals surface area contributed by atoms with Crippen molar-refractivity contribution in [2.45, 2.75) is 219 Å². The smallest absolute Gasteiger partial charge is 0.306 e. The van der Waals surface area contributed by atoms with Crippen molar-refractivity contribution in [3.8, 4) is 0 Å².